The smallest absolute Gasteiger partial charge is 0.348 e. The summed E-state index contributed by atoms with van der Waals surface area (Å²) in [5, 5.41) is 10.9. The highest BCUT2D eigenvalue weighted by molar-refractivity contribution is 6.31. The van der Waals surface area contributed by atoms with Gasteiger partial charge in [-0.15, -0.1) is 0 Å². The van der Waals surface area contributed by atoms with Gasteiger partial charge in [0.1, 0.15) is 6.33 Å². The van der Waals surface area contributed by atoms with Crippen molar-refractivity contribution in [1.29, 1.82) is 0 Å². The van der Waals surface area contributed by atoms with Crippen LogP contribution in [0.1, 0.15) is 6.42 Å². The Kier molecular flexibility index (Phi) is 3.93. The normalized spacial score (nSPS) is 19.2. The fourth-order valence-corrected chi connectivity index (χ4v) is 2.33. The van der Waals surface area contributed by atoms with E-state index in [-0.39, 0.29) is 10.8 Å². The quantitative estimate of drug-likeness (QED) is 0.469. The average molecular weight is 273 g/mol. The van der Waals surface area contributed by atoms with E-state index in [0.29, 0.717) is 31.4 Å². The second-order valence-electron chi connectivity index (χ2n) is 4.15. The number of halogens is 1. The number of hydrogen-bond acceptors (Lipinski definition) is 6. The molecule has 0 radical (unpaired) electrons. The van der Waals surface area contributed by atoms with Gasteiger partial charge in [-0.1, -0.05) is 11.6 Å². The molecule has 1 fully saturated rings. The van der Waals surface area contributed by atoms with E-state index in [2.05, 4.69) is 9.97 Å². The molecule has 8 heteroatoms. The Hall–Kier alpha value is -1.47. The first-order valence-corrected chi connectivity index (χ1v) is 5.90. The van der Waals surface area contributed by atoms with Crippen molar-refractivity contribution in [3.63, 3.8) is 0 Å². The van der Waals surface area contributed by atoms with Gasteiger partial charge in [-0.25, -0.2) is 9.97 Å². The molecule has 0 aromatic carbocycles. The number of aromatic nitrogens is 2. The molecule has 2 rings (SSSR count). The Morgan fingerprint density at radius 3 is 3.11 bits per heavy atom. The van der Waals surface area contributed by atoms with Gasteiger partial charge in [0.05, 0.1) is 11.5 Å². The SMILES string of the molecule is COCC1CCN(c2ncnc(Cl)c2[N+](=O)[O-])C1. The van der Waals surface area contributed by atoms with Gasteiger partial charge in [0.15, 0.2) is 0 Å². The molecule has 1 atom stereocenters. The van der Waals surface area contributed by atoms with Gasteiger partial charge in [-0.05, 0) is 6.42 Å². The molecule has 0 saturated carbocycles. The summed E-state index contributed by atoms with van der Waals surface area (Å²) in [7, 11) is 1.65. The Balaban J connectivity index is 2.24. The summed E-state index contributed by atoms with van der Waals surface area (Å²) in [6.07, 6.45) is 2.17. The first-order chi connectivity index (χ1) is 8.63. The molecule has 1 unspecified atom stereocenters. The zero-order valence-corrected chi connectivity index (χ0v) is 10.6. The van der Waals surface area contributed by atoms with E-state index in [4.69, 9.17) is 16.3 Å². The predicted molar refractivity (Wildman–Crippen MR) is 65.9 cm³/mol. The minimum absolute atomic E-state index is 0.125. The summed E-state index contributed by atoms with van der Waals surface area (Å²) in [4.78, 5) is 19.9. The first-order valence-electron chi connectivity index (χ1n) is 5.52. The summed E-state index contributed by atoms with van der Waals surface area (Å²) < 4.78 is 5.09. The third kappa shape index (κ3) is 2.51. The lowest BCUT2D eigenvalue weighted by atomic mass is 10.1. The highest BCUT2D eigenvalue weighted by Crippen LogP contribution is 2.34. The maximum Gasteiger partial charge on any atom is 0.348 e. The maximum atomic E-state index is 11.0. The van der Waals surface area contributed by atoms with Crippen LogP contribution in [0.3, 0.4) is 0 Å². The van der Waals surface area contributed by atoms with Gasteiger partial charge in [0.25, 0.3) is 0 Å². The van der Waals surface area contributed by atoms with Crippen LogP contribution in [-0.2, 0) is 4.74 Å². The van der Waals surface area contributed by atoms with Crippen molar-refractivity contribution in [1.82, 2.24) is 9.97 Å². The summed E-state index contributed by atoms with van der Waals surface area (Å²) in [6, 6.07) is 0. The highest BCUT2D eigenvalue weighted by atomic mass is 35.5. The topological polar surface area (TPSA) is 81.4 Å². The monoisotopic (exact) mass is 272 g/mol. The van der Waals surface area contributed by atoms with Crippen molar-refractivity contribution in [2.24, 2.45) is 5.92 Å². The van der Waals surface area contributed by atoms with Gasteiger partial charge in [-0.2, -0.15) is 0 Å². The van der Waals surface area contributed by atoms with Crippen LogP contribution in [0.4, 0.5) is 11.5 Å². The lowest BCUT2D eigenvalue weighted by Gasteiger charge is -2.17. The molecule has 1 saturated heterocycles. The molecule has 7 nitrogen and oxygen atoms in total. The summed E-state index contributed by atoms with van der Waals surface area (Å²) in [6.45, 7) is 2.04. The Morgan fingerprint density at radius 2 is 2.44 bits per heavy atom. The zero-order valence-electron chi connectivity index (χ0n) is 9.87. The second kappa shape index (κ2) is 5.45. The molecule has 0 bridgehead atoms. The minimum atomic E-state index is -0.540. The Morgan fingerprint density at radius 1 is 1.67 bits per heavy atom. The van der Waals surface area contributed by atoms with Crippen LogP contribution in [0.25, 0.3) is 0 Å². The molecular formula is C10H13ClN4O3. The first kappa shape index (κ1) is 13.0. The van der Waals surface area contributed by atoms with E-state index in [1.807, 2.05) is 4.90 Å². The van der Waals surface area contributed by atoms with Gasteiger partial charge in [-0.3, -0.25) is 10.1 Å². The molecule has 98 valence electrons. The molecule has 1 aromatic rings. The number of rotatable bonds is 4. The Labute approximate surface area is 109 Å². The van der Waals surface area contributed by atoms with Crippen molar-refractivity contribution in [3.8, 4) is 0 Å². The maximum absolute atomic E-state index is 11.0. The second-order valence-corrected chi connectivity index (χ2v) is 4.51. The fraction of sp³-hybridized carbons (Fsp3) is 0.600. The van der Waals surface area contributed by atoms with Crippen LogP contribution in [-0.4, -0.2) is 41.7 Å². The lowest BCUT2D eigenvalue weighted by Crippen LogP contribution is -2.23. The van der Waals surface area contributed by atoms with E-state index >= 15 is 0 Å². The Bertz CT molecular complexity index is 457. The number of hydrogen-bond donors (Lipinski definition) is 0. The fourth-order valence-electron chi connectivity index (χ4n) is 2.13. The van der Waals surface area contributed by atoms with E-state index in [1.165, 1.54) is 6.33 Å². The summed E-state index contributed by atoms with van der Waals surface area (Å²) in [5.74, 6) is 0.655. The number of nitrogens with zero attached hydrogens (tertiary/aromatic N) is 4. The number of methoxy groups -OCH3 is 1. The molecular weight excluding hydrogens is 260 g/mol. The summed E-state index contributed by atoms with van der Waals surface area (Å²) >= 11 is 5.76. The molecule has 18 heavy (non-hydrogen) atoms. The van der Waals surface area contributed by atoms with Crippen LogP contribution in [0.15, 0.2) is 6.33 Å². The van der Waals surface area contributed by atoms with E-state index in [0.717, 1.165) is 6.42 Å². The predicted octanol–water partition coefficient (Wildman–Crippen LogP) is 1.51. The molecule has 0 aliphatic carbocycles. The molecule has 1 aliphatic heterocycles. The van der Waals surface area contributed by atoms with Crippen LogP contribution in [0, 0.1) is 16.0 Å². The number of nitro groups is 1. The number of anilines is 1. The minimum Gasteiger partial charge on any atom is -0.384 e. The largest absolute Gasteiger partial charge is 0.384 e. The molecule has 1 aliphatic rings. The third-order valence-corrected chi connectivity index (χ3v) is 3.21. The van der Waals surface area contributed by atoms with Crippen molar-refractivity contribution >= 4 is 23.1 Å². The summed E-state index contributed by atoms with van der Waals surface area (Å²) in [5.41, 5.74) is -0.225. The van der Waals surface area contributed by atoms with Crippen molar-refractivity contribution in [3.05, 3.63) is 21.6 Å². The van der Waals surface area contributed by atoms with Gasteiger partial charge in [0.2, 0.25) is 11.0 Å². The van der Waals surface area contributed by atoms with Crippen LogP contribution in [0.2, 0.25) is 5.15 Å². The van der Waals surface area contributed by atoms with Crippen LogP contribution >= 0.6 is 11.6 Å². The lowest BCUT2D eigenvalue weighted by molar-refractivity contribution is -0.384. The van der Waals surface area contributed by atoms with Crippen molar-refractivity contribution < 1.29 is 9.66 Å². The highest BCUT2D eigenvalue weighted by Gasteiger charge is 2.31. The molecule has 1 aromatic heterocycles. The number of ether oxygens (including phenoxy) is 1. The molecule has 0 spiro atoms. The van der Waals surface area contributed by atoms with E-state index in [1.54, 1.807) is 7.11 Å². The average Bonchev–Trinajstić information content (AvgIpc) is 2.77. The molecule has 0 N–H and O–H groups in total. The van der Waals surface area contributed by atoms with Crippen molar-refractivity contribution in [2.75, 3.05) is 31.7 Å². The van der Waals surface area contributed by atoms with Crippen LogP contribution < -0.4 is 4.90 Å². The van der Waals surface area contributed by atoms with Gasteiger partial charge in [0, 0.05) is 26.1 Å². The van der Waals surface area contributed by atoms with E-state index < -0.39 is 4.92 Å². The molecule has 0 amide bonds. The standard InChI is InChI=1S/C10H13ClN4O3/c1-18-5-7-2-3-14(4-7)10-8(15(16)17)9(11)12-6-13-10/h6-7H,2-5H2,1H3. The van der Waals surface area contributed by atoms with Crippen molar-refractivity contribution in [2.45, 2.75) is 6.42 Å². The third-order valence-electron chi connectivity index (χ3n) is 2.93. The zero-order chi connectivity index (χ0) is 13.1. The van der Waals surface area contributed by atoms with Crippen LogP contribution in [0.5, 0.6) is 0 Å². The van der Waals surface area contributed by atoms with Gasteiger partial charge >= 0.3 is 5.69 Å². The van der Waals surface area contributed by atoms with E-state index in [9.17, 15) is 10.1 Å². The molecule has 2 heterocycles. The van der Waals surface area contributed by atoms with Gasteiger partial charge < -0.3 is 9.64 Å².